The zero-order valence-electron chi connectivity index (χ0n) is 41.9. The van der Waals surface area contributed by atoms with Gasteiger partial charge in [0, 0.05) is 19.3 Å². The molecule has 368 valence electrons. The highest BCUT2D eigenvalue weighted by Gasteiger charge is 2.19. The largest absolute Gasteiger partial charge is 0.462 e. The summed E-state index contributed by atoms with van der Waals surface area (Å²) in [4.78, 5) is 38.0. The van der Waals surface area contributed by atoms with Crippen LogP contribution in [0.15, 0.2) is 146 Å². The smallest absolute Gasteiger partial charge is 0.306 e. The lowest BCUT2D eigenvalue weighted by molar-refractivity contribution is -0.166. The minimum absolute atomic E-state index is 0.131. The van der Waals surface area contributed by atoms with Gasteiger partial charge >= 0.3 is 17.9 Å². The Kier molecular flexibility index (Phi) is 49.1. The van der Waals surface area contributed by atoms with E-state index in [1.54, 1.807) is 0 Å². The molecule has 0 aliphatic heterocycles. The van der Waals surface area contributed by atoms with Crippen molar-refractivity contribution in [1.29, 1.82) is 0 Å². The third-order valence-electron chi connectivity index (χ3n) is 10.3. The average molecular weight is 909 g/mol. The van der Waals surface area contributed by atoms with Crippen LogP contribution in [-0.4, -0.2) is 37.2 Å². The molecule has 0 aromatic rings. The standard InChI is InChI=1S/C60H92O6/c1-4-7-10-13-16-19-22-25-27-29-30-31-33-35-38-41-44-47-50-53-59(62)65-56-57(55-64-58(61)52-49-46-43-40-37-34-24-21-18-15-12-9-6-3)66-60(63)54-51-48-45-42-39-36-32-28-26-23-20-17-14-11-8-5-2/h7-8,10-11,13,16-17,19-20,22,25-31,33-35,37-38,43,46,57H,4-6,9,12,14-15,18,21,23-24,32,36,39-42,44-45,47-56H2,1-3H3/b10-7+,11-8+,16-13+,20-17+,22-19+,27-25+,28-26+,30-29+,33-31+,37-34+,38-35+,46-43+. The molecular weight excluding hydrogens is 817 g/mol. The Balaban J connectivity index is 4.60. The normalized spacial score (nSPS) is 13.3. The van der Waals surface area contributed by atoms with E-state index < -0.39 is 6.10 Å². The van der Waals surface area contributed by atoms with Crippen LogP contribution in [0.4, 0.5) is 0 Å². The van der Waals surface area contributed by atoms with Gasteiger partial charge in [-0.05, 0) is 89.9 Å². The lowest BCUT2D eigenvalue weighted by atomic mass is 10.1. The predicted molar refractivity (Wildman–Crippen MR) is 283 cm³/mol. The zero-order chi connectivity index (χ0) is 47.9. The van der Waals surface area contributed by atoms with Crippen molar-refractivity contribution >= 4 is 17.9 Å². The maximum atomic E-state index is 12.8. The van der Waals surface area contributed by atoms with Crippen LogP contribution in [-0.2, 0) is 28.6 Å². The van der Waals surface area contributed by atoms with Gasteiger partial charge in [-0.15, -0.1) is 0 Å². The van der Waals surface area contributed by atoms with E-state index in [4.69, 9.17) is 14.2 Å². The number of unbranched alkanes of at least 4 members (excludes halogenated alkanes) is 15. The molecular formula is C60H92O6. The predicted octanol–water partition coefficient (Wildman–Crippen LogP) is 17.3. The van der Waals surface area contributed by atoms with Crippen molar-refractivity contribution < 1.29 is 28.6 Å². The molecule has 0 aliphatic carbocycles. The summed E-state index contributed by atoms with van der Waals surface area (Å²) in [6.45, 7) is 6.24. The highest BCUT2D eigenvalue weighted by atomic mass is 16.6. The summed E-state index contributed by atoms with van der Waals surface area (Å²) >= 11 is 0. The van der Waals surface area contributed by atoms with Crippen LogP contribution >= 0.6 is 0 Å². The molecule has 0 saturated carbocycles. The van der Waals surface area contributed by atoms with Gasteiger partial charge in [-0.25, -0.2) is 0 Å². The first-order valence-corrected chi connectivity index (χ1v) is 25.9. The van der Waals surface area contributed by atoms with Crippen LogP contribution in [0.1, 0.15) is 194 Å². The number of carbonyl (C=O) groups is 3. The van der Waals surface area contributed by atoms with Crippen LogP contribution in [0.2, 0.25) is 0 Å². The first-order valence-electron chi connectivity index (χ1n) is 25.9. The van der Waals surface area contributed by atoms with Gasteiger partial charge in [0.1, 0.15) is 13.2 Å². The quantitative estimate of drug-likeness (QED) is 0.0199. The van der Waals surface area contributed by atoms with E-state index in [1.165, 1.54) is 51.4 Å². The minimum atomic E-state index is -0.833. The monoisotopic (exact) mass is 909 g/mol. The Bertz CT molecular complexity index is 1510. The second kappa shape index (κ2) is 52.9. The molecule has 0 rings (SSSR count). The van der Waals surface area contributed by atoms with Gasteiger partial charge < -0.3 is 14.2 Å². The van der Waals surface area contributed by atoms with Gasteiger partial charge in [0.15, 0.2) is 6.10 Å². The first-order chi connectivity index (χ1) is 32.5. The third-order valence-corrected chi connectivity index (χ3v) is 10.3. The summed E-state index contributed by atoms with van der Waals surface area (Å²) in [6, 6.07) is 0. The molecule has 66 heavy (non-hydrogen) atoms. The molecule has 0 radical (unpaired) electrons. The highest BCUT2D eigenvalue weighted by molar-refractivity contribution is 5.71. The topological polar surface area (TPSA) is 78.9 Å². The molecule has 6 nitrogen and oxygen atoms in total. The van der Waals surface area contributed by atoms with E-state index in [0.717, 1.165) is 89.9 Å². The summed E-state index contributed by atoms with van der Waals surface area (Å²) in [5.74, 6) is -1.07. The number of carbonyl (C=O) groups excluding carboxylic acids is 3. The van der Waals surface area contributed by atoms with Crippen LogP contribution < -0.4 is 0 Å². The number of ether oxygens (including phenoxy) is 3. The van der Waals surface area contributed by atoms with Crippen LogP contribution in [0.5, 0.6) is 0 Å². The van der Waals surface area contributed by atoms with E-state index in [-0.39, 0.29) is 50.4 Å². The van der Waals surface area contributed by atoms with E-state index in [0.29, 0.717) is 12.8 Å². The zero-order valence-corrected chi connectivity index (χ0v) is 41.9. The van der Waals surface area contributed by atoms with Crippen molar-refractivity contribution in [2.75, 3.05) is 13.2 Å². The Hall–Kier alpha value is -4.71. The number of rotatable bonds is 44. The van der Waals surface area contributed by atoms with Crippen LogP contribution in [0.25, 0.3) is 0 Å². The molecule has 0 spiro atoms. The molecule has 1 atom stereocenters. The van der Waals surface area contributed by atoms with Gasteiger partial charge in [-0.1, -0.05) is 231 Å². The SMILES string of the molecule is CC/C=C/C=C/C=C/C=C/C=C/C=C/C=C/CCCCCC(=O)OCC(COC(=O)CC/C=C/C/C=C/CCCCCCCC)OC(=O)CCCCCCCC/C=C/C/C=C/C/C=C/CC. The van der Waals surface area contributed by atoms with E-state index >= 15 is 0 Å². The number of allylic oxidation sites excluding steroid dienone is 24. The molecule has 0 aliphatic rings. The Labute approximate surface area is 404 Å². The molecule has 6 heteroatoms. The molecule has 0 saturated heterocycles. The first kappa shape index (κ1) is 61.3. The molecule has 0 heterocycles. The number of esters is 3. The van der Waals surface area contributed by atoms with Gasteiger partial charge in [0.05, 0.1) is 0 Å². The van der Waals surface area contributed by atoms with E-state index in [1.807, 2.05) is 79.0 Å². The molecule has 0 aromatic carbocycles. The van der Waals surface area contributed by atoms with Crippen molar-refractivity contribution in [2.24, 2.45) is 0 Å². The summed E-state index contributed by atoms with van der Waals surface area (Å²) in [5, 5.41) is 0. The fourth-order valence-electron chi connectivity index (χ4n) is 6.43. The lowest BCUT2D eigenvalue weighted by Gasteiger charge is -2.18. The van der Waals surface area contributed by atoms with Crippen molar-refractivity contribution in [3.8, 4) is 0 Å². The maximum Gasteiger partial charge on any atom is 0.306 e. The summed E-state index contributed by atoms with van der Waals surface area (Å²) in [6.07, 6.45) is 75.5. The van der Waals surface area contributed by atoms with Crippen molar-refractivity contribution in [3.63, 3.8) is 0 Å². The fourth-order valence-corrected chi connectivity index (χ4v) is 6.43. The summed E-state index contributed by atoms with van der Waals surface area (Å²) in [5.41, 5.74) is 0. The molecule has 0 aromatic heterocycles. The number of hydrogen-bond acceptors (Lipinski definition) is 6. The van der Waals surface area contributed by atoms with E-state index in [9.17, 15) is 14.4 Å². The van der Waals surface area contributed by atoms with Gasteiger partial charge in [-0.2, -0.15) is 0 Å². The Morgan fingerprint density at radius 3 is 1.21 bits per heavy atom. The fraction of sp³-hybridized carbons (Fsp3) is 0.550. The number of hydrogen-bond donors (Lipinski definition) is 0. The lowest BCUT2D eigenvalue weighted by Crippen LogP contribution is -2.30. The van der Waals surface area contributed by atoms with Gasteiger partial charge in [0.2, 0.25) is 0 Å². The third kappa shape index (κ3) is 50.3. The van der Waals surface area contributed by atoms with Crippen molar-refractivity contribution in [2.45, 2.75) is 200 Å². The maximum absolute atomic E-state index is 12.8. The minimum Gasteiger partial charge on any atom is -0.462 e. The van der Waals surface area contributed by atoms with Crippen LogP contribution in [0, 0.1) is 0 Å². The summed E-state index contributed by atoms with van der Waals surface area (Å²) in [7, 11) is 0. The molecule has 0 fully saturated rings. The Morgan fingerprint density at radius 2 is 0.697 bits per heavy atom. The van der Waals surface area contributed by atoms with Crippen molar-refractivity contribution in [3.05, 3.63) is 146 Å². The Morgan fingerprint density at radius 1 is 0.333 bits per heavy atom. The molecule has 1 unspecified atom stereocenters. The van der Waals surface area contributed by atoms with E-state index in [2.05, 4.69) is 87.6 Å². The highest BCUT2D eigenvalue weighted by Crippen LogP contribution is 2.12. The van der Waals surface area contributed by atoms with Gasteiger partial charge in [-0.3, -0.25) is 14.4 Å². The molecule has 0 bridgehead atoms. The summed E-state index contributed by atoms with van der Waals surface area (Å²) < 4.78 is 16.7. The van der Waals surface area contributed by atoms with Crippen molar-refractivity contribution in [1.82, 2.24) is 0 Å². The van der Waals surface area contributed by atoms with Crippen LogP contribution in [0.3, 0.4) is 0 Å². The second-order valence-electron chi connectivity index (χ2n) is 16.5. The average Bonchev–Trinajstić information content (AvgIpc) is 3.31. The second-order valence-corrected chi connectivity index (χ2v) is 16.5. The van der Waals surface area contributed by atoms with Gasteiger partial charge in [0.25, 0.3) is 0 Å². The molecule has 0 amide bonds. The molecule has 0 N–H and O–H groups in total.